The average Bonchev–Trinajstić information content (AvgIpc) is 2.93. The number of hydrogen-bond donors (Lipinski definition) is 1. The molecule has 4 rings (SSSR count). The number of nitrogens with one attached hydrogen (secondary N) is 1. The lowest BCUT2D eigenvalue weighted by Gasteiger charge is -2.33. The maximum absolute atomic E-state index is 12.7. The van der Waals surface area contributed by atoms with E-state index in [0.29, 0.717) is 18.8 Å². The first kappa shape index (κ1) is 25.6. The third-order valence-electron chi connectivity index (χ3n) is 7.15. The van der Waals surface area contributed by atoms with Crippen molar-refractivity contribution in [3.63, 3.8) is 0 Å². The molecule has 1 unspecified atom stereocenters. The summed E-state index contributed by atoms with van der Waals surface area (Å²) in [6.07, 6.45) is 9.34. The number of piperidine rings is 1. The quantitative estimate of drug-likeness (QED) is 0.295. The molecule has 1 aliphatic rings. The molecule has 1 fully saturated rings. The molecular weight excluding hydrogens is 452 g/mol. The SMILES string of the molecule is COC(=O)CC(CCC1CCN(C(=O)CCCNc2ccccn2)CC1)c1cnc2ccccc2c1. The third kappa shape index (κ3) is 7.26. The fourth-order valence-electron chi connectivity index (χ4n) is 4.97. The van der Waals surface area contributed by atoms with E-state index in [1.165, 1.54) is 7.11 Å². The number of nitrogens with zero attached hydrogens (tertiary/aromatic N) is 3. The first-order chi connectivity index (χ1) is 17.6. The Balaban J connectivity index is 1.23. The summed E-state index contributed by atoms with van der Waals surface area (Å²) in [6.45, 7) is 2.37. The fraction of sp³-hybridized carbons (Fsp3) is 0.448. The van der Waals surface area contributed by atoms with E-state index in [9.17, 15) is 9.59 Å². The van der Waals surface area contributed by atoms with E-state index in [1.807, 2.05) is 47.5 Å². The van der Waals surface area contributed by atoms with Crippen molar-refractivity contribution in [2.75, 3.05) is 32.1 Å². The van der Waals surface area contributed by atoms with Gasteiger partial charge in [0, 0.05) is 43.8 Å². The van der Waals surface area contributed by atoms with Crippen LogP contribution in [0.5, 0.6) is 0 Å². The van der Waals surface area contributed by atoms with Gasteiger partial charge in [0.1, 0.15) is 5.82 Å². The molecule has 0 saturated carbocycles. The molecule has 3 heterocycles. The van der Waals surface area contributed by atoms with E-state index in [0.717, 1.165) is 74.0 Å². The summed E-state index contributed by atoms with van der Waals surface area (Å²) in [5, 5.41) is 4.35. The molecule has 1 N–H and O–H groups in total. The van der Waals surface area contributed by atoms with Crippen LogP contribution in [-0.4, -0.2) is 53.5 Å². The van der Waals surface area contributed by atoms with Crippen molar-refractivity contribution < 1.29 is 14.3 Å². The van der Waals surface area contributed by atoms with E-state index in [1.54, 1.807) is 6.20 Å². The molecule has 7 heteroatoms. The normalized spacial score (nSPS) is 15.0. The molecule has 1 saturated heterocycles. The van der Waals surface area contributed by atoms with Crippen LogP contribution in [-0.2, 0) is 14.3 Å². The Morgan fingerprint density at radius 2 is 1.92 bits per heavy atom. The van der Waals surface area contributed by atoms with Crippen molar-refractivity contribution in [1.29, 1.82) is 0 Å². The zero-order chi connectivity index (χ0) is 25.2. The summed E-state index contributed by atoms with van der Waals surface area (Å²) in [5.74, 6) is 1.54. The first-order valence-electron chi connectivity index (χ1n) is 13.0. The van der Waals surface area contributed by atoms with Crippen LogP contribution in [0, 0.1) is 5.92 Å². The Labute approximate surface area is 213 Å². The van der Waals surface area contributed by atoms with Gasteiger partial charge in [-0.15, -0.1) is 0 Å². The average molecular weight is 489 g/mol. The van der Waals surface area contributed by atoms with Crippen LogP contribution in [0.2, 0.25) is 0 Å². The number of anilines is 1. The molecule has 190 valence electrons. The number of amides is 1. The number of carbonyl (C=O) groups is 2. The minimum absolute atomic E-state index is 0.0841. The number of rotatable bonds is 11. The third-order valence-corrected chi connectivity index (χ3v) is 7.15. The zero-order valence-corrected chi connectivity index (χ0v) is 21.1. The van der Waals surface area contributed by atoms with Gasteiger partial charge < -0.3 is 15.0 Å². The van der Waals surface area contributed by atoms with Gasteiger partial charge in [0.15, 0.2) is 0 Å². The number of likely N-dealkylation sites (tertiary alicyclic amines) is 1. The van der Waals surface area contributed by atoms with Gasteiger partial charge in [-0.05, 0) is 73.8 Å². The zero-order valence-electron chi connectivity index (χ0n) is 21.1. The molecule has 1 aromatic carbocycles. The second kappa shape index (κ2) is 13.0. The van der Waals surface area contributed by atoms with Gasteiger partial charge in [-0.25, -0.2) is 4.98 Å². The molecule has 36 heavy (non-hydrogen) atoms. The summed E-state index contributed by atoms with van der Waals surface area (Å²) in [7, 11) is 1.44. The molecule has 0 radical (unpaired) electrons. The van der Waals surface area contributed by atoms with Crippen LogP contribution in [0.25, 0.3) is 10.9 Å². The predicted octanol–water partition coefficient (Wildman–Crippen LogP) is 5.19. The van der Waals surface area contributed by atoms with E-state index in [-0.39, 0.29) is 17.8 Å². The Morgan fingerprint density at radius 3 is 2.69 bits per heavy atom. The van der Waals surface area contributed by atoms with Crippen LogP contribution in [0.4, 0.5) is 5.82 Å². The number of esters is 1. The lowest BCUT2D eigenvalue weighted by Crippen LogP contribution is -2.38. The van der Waals surface area contributed by atoms with Crippen LogP contribution in [0.1, 0.15) is 56.4 Å². The second-order valence-corrected chi connectivity index (χ2v) is 9.59. The summed E-state index contributed by atoms with van der Waals surface area (Å²) in [5.41, 5.74) is 2.05. The highest BCUT2D eigenvalue weighted by Gasteiger charge is 2.25. The maximum atomic E-state index is 12.7. The lowest BCUT2D eigenvalue weighted by atomic mass is 9.85. The van der Waals surface area contributed by atoms with Crippen molar-refractivity contribution in [1.82, 2.24) is 14.9 Å². The maximum Gasteiger partial charge on any atom is 0.306 e. The van der Waals surface area contributed by atoms with Crippen molar-refractivity contribution >= 4 is 28.6 Å². The van der Waals surface area contributed by atoms with Crippen molar-refractivity contribution in [3.05, 3.63) is 66.5 Å². The Morgan fingerprint density at radius 1 is 1.11 bits per heavy atom. The van der Waals surface area contributed by atoms with E-state index in [2.05, 4.69) is 27.4 Å². The number of aromatic nitrogens is 2. The minimum atomic E-state index is -0.189. The predicted molar refractivity (Wildman–Crippen MR) is 142 cm³/mol. The van der Waals surface area contributed by atoms with Gasteiger partial charge in [-0.3, -0.25) is 14.6 Å². The highest BCUT2D eigenvalue weighted by molar-refractivity contribution is 5.79. The largest absolute Gasteiger partial charge is 0.469 e. The Kier molecular flexibility index (Phi) is 9.25. The molecule has 1 aliphatic heterocycles. The van der Waals surface area contributed by atoms with Gasteiger partial charge in [-0.2, -0.15) is 0 Å². The van der Waals surface area contributed by atoms with Gasteiger partial charge in [-0.1, -0.05) is 24.3 Å². The van der Waals surface area contributed by atoms with Crippen LogP contribution >= 0.6 is 0 Å². The highest BCUT2D eigenvalue weighted by atomic mass is 16.5. The summed E-state index contributed by atoms with van der Waals surface area (Å²) < 4.78 is 4.98. The second-order valence-electron chi connectivity index (χ2n) is 9.59. The molecule has 0 aliphatic carbocycles. The van der Waals surface area contributed by atoms with Gasteiger partial charge in [0.05, 0.1) is 19.0 Å². The summed E-state index contributed by atoms with van der Waals surface area (Å²) >= 11 is 0. The van der Waals surface area contributed by atoms with E-state index >= 15 is 0 Å². The topological polar surface area (TPSA) is 84.4 Å². The van der Waals surface area contributed by atoms with Gasteiger partial charge >= 0.3 is 5.97 Å². The number of para-hydroxylation sites is 1. The Hall–Kier alpha value is -3.48. The van der Waals surface area contributed by atoms with Crippen molar-refractivity contribution in [3.8, 4) is 0 Å². The van der Waals surface area contributed by atoms with Crippen LogP contribution in [0.3, 0.4) is 0 Å². The lowest BCUT2D eigenvalue weighted by molar-refractivity contribution is -0.141. The number of fused-ring (bicyclic) bond motifs is 1. The van der Waals surface area contributed by atoms with Gasteiger partial charge in [0.25, 0.3) is 0 Å². The van der Waals surface area contributed by atoms with Crippen LogP contribution in [0.15, 0.2) is 60.9 Å². The van der Waals surface area contributed by atoms with E-state index < -0.39 is 0 Å². The summed E-state index contributed by atoms with van der Waals surface area (Å²) in [6, 6.07) is 16.0. The molecule has 1 atom stereocenters. The van der Waals surface area contributed by atoms with E-state index in [4.69, 9.17) is 4.74 Å². The molecule has 7 nitrogen and oxygen atoms in total. The number of methoxy groups -OCH3 is 1. The number of benzene rings is 1. The number of hydrogen-bond acceptors (Lipinski definition) is 6. The standard InChI is InChI=1S/C29H36N4O3/c1-36-29(35)20-23(25-19-24-7-2-3-8-26(24)32-21-25)12-11-22-13-17-33(18-14-22)28(34)10-6-16-31-27-9-4-5-15-30-27/h2-5,7-9,15,19,21-23H,6,10-14,16-18,20H2,1H3,(H,30,31). The van der Waals surface area contributed by atoms with Crippen LogP contribution < -0.4 is 5.32 Å². The molecular formula is C29H36N4O3. The minimum Gasteiger partial charge on any atom is -0.469 e. The molecule has 0 bridgehead atoms. The van der Waals surface area contributed by atoms with Gasteiger partial charge in [0.2, 0.25) is 5.91 Å². The molecule has 1 amide bonds. The molecule has 0 spiro atoms. The smallest absolute Gasteiger partial charge is 0.306 e. The van der Waals surface area contributed by atoms with Crippen molar-refractivity contribution in [2.24, 2.45) is 5.92 Å². The van der Waals surface area contributed by atoms with Crippen molar-refractivity contribution in [2.45, 2.75) is 50.9 Å². The molecule has 3 aromatic rings. The number of pyridine rings is 2. The first-order valence-corrected chi connectivity index (χ1v) is 13.0. The fourth-order valence-corrected chi connectivity index (χ4v) is 4.97. The molecule has 2 aromatic heterocycles. The number of carbonyl (C=O) groups excluding carboxylic acids is 2. The Bertz CT molecular complexity index is 1130. The summed E-state index contributed by atoms with van der Waals surface area (Å²) in [4.78, 5) is 35.6. The number of ether oxygens (including phenoxy) is 1. The highest BCUT2D eigenvalue weighted by Crippen LogP contribution is 2.32. The monoisotopic (exact) mass is 488 g/mol.